The zero-order chi connectivity index (χ0) is 36.7. The average molecular weight is 717 g/mol. The fraction of sp³-hybridized carbons (Fsp3) is 0. The Morgan fingerprint density at radius 2 is 1.02 bits per heavy atom. The highest BCUT2D eigenvalue weighted by Crippen LogP contribution is 2.47. The highest BCUT2D eigenvalue weighted by Gasteiger charge is 2.24. The van der Waals surface area contributed by atoms with E-state index in [1.54, 1.807) is 0 Å². The maximum absolute atomic E-state index is 6.63. The lowest BCUT2D eigenvalue weighted by Crippen LogP contribution is -2.13. The van der Waals surface area contributed by atoms with Crippen LogP contribution >= 0.6 is 0 Å². The van der Waals surface area contributed by atoms with Gasteiger partial charge in [0.2, 0.25) is 0 Å². The van der Waals surface area contributed by atoms with Crippen LogP contribution in [0.15, 0.2) is 203 Å². The first-order valence-corrected chi connectivity index (χ1v) is 19.0. The monoisotopic (exact) mass is 716 g/mol. The molecule has 3 heterocycles. The average Bonchev–Trinajstić information content (AvgIpc) is 3.94. The van der Waals surface area contributed by atoms with Crippen molar-refractivity contribution in [1.29, 1.82) is 0 Å². The zero-order valence-electron chi connectivity index (χ0n) is 30.2. The van der Waals surface area contributed by atoms with E-state index >= 15 is 0 Å². The number of hydrogen-bond donors (Lipinski definition) is 0. The molecule has 4 heteroatoms. The van der Waals surface area contributed by atoms with Gasteiger partial charge in [0.1, 0.15) is 22.3 Å². The summed E-state index contributed by atoms with van der Waals surface area (Å²) in [5.74, 6) is 0. The molecule has 9 aromatic carbocycles. The Kier molecular flexibility index (Phi) is 6.60. The summed E-state index contributed by atoms with van der Waals surface area (Å²) >= 11 is 0. The lowest BCUT2D eigenvalue weighted by atomic mass is 9.97. The molecule has 0 N–H and O–H groups in total. The van der Waals surface area contributed by atoms with Gasteiger partial charge in [-0.25, -0.2) is 0 Å². The van der Waals surface area contributed by atoms with Crippen LogP contribution in [0, 0.1) is 0 Å². The van der Waals surface area contributed by atoms with Gasteiger partial charge in [0.05, 0.1) is 33.5 Å². The molecule has 0 radical (unpaired) electrons. The Hall–Kier alpha value is -7.56. The Balaban J connectivity index is 1.15. The van der Waals surface area contributed by atoms with E-state index in [0.717, 1.165) is 94.2 Å². The smallest absolute Gasteiger partial charge is 0.143 e. The molecule has 0 atom stereocenters. The molecule has 12 rings (SSSR count). The first-order valence-electron chi connectivity index (χ1n) is 19.0. The fourth-order valence-corrected chi connectivity index (χ4v) is 8.98. The van der Waals surface area contributed by atoms with Crippen molar-refractivity contribution in [3.05, 3.63) is 194 Å². The maximum atomic E-state index is 6.63. The van der Waals surface area contributed by atoms with Crippen molar-refractivity contribution in [3.8, 4) is 16.8 Å². The van der Waals surface area contributed by atoms with E-state index < -0.39 is 0 Å². The summed E-state index contributed by atoms with van der Waals surface area (Å²) in [6, 6.07) is 69.0. The maximum Gasteiger partial charge on any atom is 0.143 e. The van der Waals surface area contributed by atoms with Crippen LogP contribution in [0.4, 0.5) is 17.1 Å². The third-order valence-electron chi connectivity index (χ3n) is 11.4. The summed E-state index contributed by atoms with van der Waals surface area (Å²) in [7, 11) is 0. The number of nitrogens with zero attached hydrogens (tertiary/aromatic N) is 2. The molecule has 0 aliphatic rings. The summed E-state index contributed by atoms with van der Waals surface area (Å²) in [6.07, 6.45) is 0. The lowest BCUT2D eigenvalue weighted by molar-refractivity contribution is 0.669. The molecule has 0 aliphatic heterocycles. The Morgan fingerprint density at radius 3 is 1.86 bits per heavy atom. The summed E-state index contributed by atoms with van der Waals surface area (Å²) in [4.78, 5) is 2.41. The molecular formula is C52H32N2O2. The number of anilines is 3. The van der Waals surface area contributed by atoms with Gasteiger partial charge in [0.25, 0.3) is 0 Å². The minimum atomic E-state index is 0.848. The number of hydrogen-bond acceptors (Lipinski definition) is 3. The molecule has 0 amide bonds. The molecule has 0 aliphatic carbocycles. The van der Waals surface area contributed by atoms with Crippen molar-refractivity contribution in [2.75, 3.05) is 4.90 Å². The third-order valence-corrected chi connectivity index (χ3v) is 11.4. The van der Waals surface area contributed by atoms with Gasteiger partial charge in [-0.05, 0) is 83.2 Å². The van der Waals surface area contributed by atoms with Crippen LogP contribution in [0.3, 0.4) is 0 Å². The summed E-state index contributed by atoms with van der Waals surface area (Å²) in [5, 5.41) is 9.12. The first-order chi connectivity index (χ1) is 27.8. The van der Waals surface area contributed by atoms with Crippen molar-refractivity contribution in [2.45, 2.75) is 0 Å². The number of rotatable bonds is 5. The van der Waals surface area contributed by atoms with Crippen molar-refractivity contribution in [3.63, 3.8) is 0 Å². The number of aromatic nitrogens is 1. The fourth-order valence-electron chi connectivity index (χ4n) is 8.98. The molecule has 3 aromatic heterocycles. The molecule has 262 valence electrons. The van der Waals surface area contributed by atoms with Crippen LogP contribution in [0.5, 0.6) is 0 Å². The number of fused-ring (bicyclic) bond motifs is 11. The van der Waals surface area contributed by atoms with E-state index in [0.29, 0.717) is 0 Å². The predicted octanol–water partition coefficient (Wildman–Crippen LogP) is 14.9. The van der Waals surface area contributed by atoms with Crippen LogP contribution < -0.4 is 4.90 Å². The standard InChI is InChI=1S/C52H32N2O2/c1-2-17-37-33(14-1)30-31-41-50-36(21-12-28-48(50)56-52(37)41)34-15-11-16-35(32-34)53(46-26-13-29-49-51(46)40-20-5-10-27-47(40)55-49)44-24-8-9-25-45(44)54-42-22-6-3-18-38(42)39-19-4-7-23-43(39)54/h1-32H. The lowest BCUT2D eigenvalue weighted by Gasteiger charge is -2.29. The molecular weight excluding hydrogens is 685 g/mol. The molecule has 4 nitrogen and oxygen atoms in total. The Morgan fingerprint density at radius 1 is 0.393 bits per heavy atom. The first kappa shape index (κ1) is 30.9. The SMILES string of the molecule is c1cc(-c2cccc3oc4c5ccccc5ccc4c23)cc(N(c2ccccc2-n2c3ccccc3c3ccccc32)c2cccc3oc4ccccc4c23)c1. The molecule has 0 unspecified atom stereocenters. The molecule has 56 heavy (non-hydrogen) atoms. The largest absolute Gasteiger partial charge is 0.456 e. The summed E-state index contributed by atoms with van der Waals surface area (Å²) in [5.41, 5.74) is 12.3. The minimum absolute atomic E-state index is 0.848. The van der Waals surface area contributed by atoms with Crippen LogP contribution in [-0.2, 0) is 0 Å². The molecule has 0 saturated carbocycles. The van der Waals surface area contributed by atoms with Crippen LogP contribution in [0.2, 0.25) is 0 Å². The highest BCUT2D eigenvalue weighted by atomic mass is 16.3. The number of furan rings is 2. The topological polar surface area (TPSA) is 34.5 Å². The van der Waals surface area contributed by atoms with Gasteiger partial charge in [-0.15, -0.1) is 0 Å². The predicted molar refractivity (Wildman–Crippen MR) is 233 cm³/mol. The Labute approximate surface area is 321 Å². The second-order valence-corrected chi connectivity index (χ2v) is 14.4. The number of benzene rings is 9. The van der Waals surface area contributed by atoms with Crippen molar-refractivity contribution in [1.82, 2.24) is 4.57 Å². The van der Waals surface area contributed by atoms with Gasteiger partial charge in [-0.3, -0.25) is 0 Å². The normalized spacial score (nSPS) is 11.9. The molecule has 0 spiro atoms. The van der Waals surface area contributed by atoms with E-state index in [1.165, 1.54) is 16.2 Å². The third kappa shape index (κ3) is 4.47. The van der Waals surface area contributed by atoms with Crippen molar-refractivity contribution >= 4 is 93.5 Å². The molecule has 0 saturated heterocycles. The van der Waals surface area contributed by atoms with Crippen molar-refractivity contribution in [2.24, 2.45) is 0 Å². The van der Waals surface area contributed by atoms with Gasteiger partial charge in [0.15, 0.2) is 0 Å². The summed E-state index contributed by atoms with van der Waals surface area (Å²) in [6.45, 7) is 0. The van der Waals surface area contributed by atoms with E-state index in [4.69, 9.17) is 8.83 Å². The van der Waals surface area contributed by atoms with Gasteiger partial charge in [-0.2, -0.15) is 0 Å². The number of para-hydroxylation sites is 5. The Bertz CT molecular complexity index is 3460. The van der Waals surface area contributed by atoms with Crippen LogP contribution in [0.1, 0.15) is 0 Å². The van der Waals surface area contributed by atoms with E-state index in [-0.39, 0.29) is 0 Å². The van der Waals surface area contributed by atoms with Gasteiger partial charge in [-0.1, -0.05) is 127 Å². The van der Waals surface area contributed by atoms with E-state index in [1.807, 2.05) is 6.07 Å². The van der Waals surface area contributed by atoms with Crippen LogP contribution in [0.25, 0.3) is 93.3 Å². The van der Waals surface area contributed by atoms with Crippen molar-refractivity contribution < 1.29 is 8.83 Å². The van der Waals surface area contributed by atoms with E-state index in [9.17, 15) is 0 Å². The second kappa shape index (κ2) is 12.0. The molecule has 0 bridgehead atoms. The van der Waals surface area contributed by atoms with Gasteiger partial charge in [0, 0.05) is 38.0 Å². The molecule has 0 fully saturated rings. The van der Waals surface area contributed by atoms with Gasteiger partial charge >= 0.3 is 0 Å². The quantitative estimate of drug-likeness (QED) is 0.178. The minimum Gasteiger partial charge on any atom is -0.456 e. The second-order valence-electron chi connectivity index (χ2n) is 14.4. The summed E-state index contributed by atoms with van der Waals surface area (Å²) < 4.78 is 15.5. The highest BCUT2D eigenvalue weighted by molar-refractivity contribution is 6.19. The van der Waals surface area contributed by atoms with Gasteiger partial charge < -0.3 is 18.3 Å². The van der Waals surface area contributed by atoms with E-state index in [2.05, 4.69) is 198 Å². The van der Waals surface area contributed by atoms with Crippen LogP contribution in [-0.4, -0.2) is 4.57 Å². The zero-order valence-corrected chi connectivity index (χ0v) is 30.2. The molecule has 12 aromatic rings.